The molecule has 0 radical (unpaired) electrons. The van der Waals surface area contributed by atoms with Gasteiger partial charge in [-0.25, -0.2) is 0 Å². The molecule has 1 unspecified atom stereocenters. The number of aryl methyl sites for hydroxylation is 1. The van der Waals surface area contributed by atoms with Gasteiger partial charge in [-0.05, 0) is 38.7 Å². The van der Waals surface area contributed by atoms with Gasteiger partial charge in [-0.15, -0.1) is 0 Å². The Labute approximate surface area is 121 Å². The number of carbonyl (C=O) groups is 1. The zero-order valence-corrected chi connectivity index (χ0v) is 12.8. The first-order chi connectivity index (χ1) is 9.65. The Morgan fingerprint density at radius 2 is 2.30 bits per heavy atom. The lowest BCUT2D eigenvalue weighted by Crippen LogP contribution is -2.29. The Bertz CT molecular complexity index is 473. The molecule has 1 amide bonds. The topological polar surface area (TPSA) is 45.2 Å². The number of nitrogens with zero attached hydrogens (tertiary/aromatic N) is 2. The maximum Gasteiger partial charge on any atom is 0.257 e. The molecule has 0 aromatic carbocycles. The van der Waals surface area contributed by atoms with Crippen LogP contribution in [0.5, 0.6) is 0 Å². The number of pyridine rings is 1. The molecule has 1 aromatic heterocycles. The number of rotatable bonds is 5. The fourth-order valence-corrected chi connectivity index (χ4v) is 2.90. The summed E-state index contributed by atoms with van der Waals surface area (Å²) < 4.78 is 0. The highest BCUT2D eigenvalue weighted by molar-refractivity contribution is 5.99. The van der Waals surface area contributed by atoms with Gasteiger partial charge < -0.3 is 10.2 Å². The number of aromatic nitrogens is 1. The fraction of sp³-hybridized carbons (Fsp3) is 0.625. The Hall–Kier alpha value is -1.58. The van der Waals surface area contributed by atoms with Crippen LogP contribution in [0, 0.1) is 12.8 Å². The second kappa shape index (κ2) is 6.73. The van der Waals surface area contributed by atoms with Crippen molar-refractivity contribution >= 4 is 11.6 Å². The van der Waals surface area contributed by atoms with Gasteiger partial charge >= 0.3 is 0 Å². The summed E-state index contributed by atoms with van der Waals surface area (Å²) in [5.41, 5.74) is 2.54. The lowest BCUT2D eigenvalue weighted by Gasteiger charge is -2.19. The number of likely N-dealkylation sites (tertiary alicyclic amines) is 1. The standard InChI is InChI=1S/C16H25N3O/c1-4-6-13-7-8-19(11-13)16(20)14-10-18-12(3)9-15(14)17-5-2/h9-10,13H,4-8,11H2,1-3H3,(H,17,18). The van der Waals surface area contributed by atoms with Crippen molar-refractivity contribution in [2.45, 2.75) is 40.0 Å². The molecule has 1 aromatic rings. The molecule has 20 heavy (non-hydrogen) atoms. The average molecular weight is 275 g/mol. The minimum atomic E-state index is 0.118. The van der Waals surface area contributed by atoms with E-state index in [0.29, 0.717) is 11.5 Å². The molecule has 0 spiro atoms. The Kier molecular flexibility index (Phi) is 4.99. The highest BCUT2D eigenvalue weighted by Gasteiger charge is 2.27. The van der Waals surface area contributed by atoms with Crippen molar-refractivity contribution in [3.8, 4) is 0 Å². The van der Waals surface area contributed by atoms with Crippen molar-refractivity contribution in [1.29, 1.82) is 0 Å². The largest absolute Gasteiger partial charge is 0.385 e. The molecule has 1 aliphatic heterocycles. The molecule has 2 heterocycles. The molecule has 2 rings (SSSR count). The van der Waals surface area contributed by atoms with E-state index in [-0.39, 0.29) is 5.91 Å². The lowest BCUT2D eigenvalue weighted by molar-refractivity contribution is 0.0787. The van der Waals surface area contributed by atoms with E-state index in [1.165, 1.54) is 12.8 Å². The molecule has 1 saturated heterocycles. The van der Waals surface area contributed by atoms with Gasteiger partial charge in [-0.1, -0.05) is 13.3 Å². The molecule has 1 aliphatic rings. The van der Waals surface area contributed by atoms with Crippen molar-refractivity contribution in [3.63, 3.8) is 0 Å². The number of anilines is 1. The summed E-state index contributed by atoms with van der Waals surface area (Å²) in [6.45, 7) is 8.77. The van der Waals surface area contributed by atoms with Crippen LogP contribution < -0.4 is 5.32 Å². The second-order valence-electron chi connectivity index (χ2n) is 5.60. The van der Waals surface area contributed by atoms with Crippen LogP contribution >= 0.6 is 0 Å². The van der Waals surface area contributed by atoms with Crippen LogP contribution in [0.1, 0.15) is 49.2 Å². The molecule has 4 nitrogen and oxygen atoms in total. The first-order valence-corrected chi connectivity index (χ1v) is 7.65. The summed E-state index contributed by atoms with van der Waals surface area (Å²) in [7, 11) is 0. The Morgan fingerprint density at radius 1 is 1.50 bits per heavy atom. The van der Waals surface area contributed by atoms with Crippen molar-refractivity contribution in [2.75, 3.05) is 25.0 Å². The molecular weight excluding hydrogens is 250 g/mol. The molecule has 110 valence electrons. The van der Waals surface area contributed by atoms with Gasteiger partial charge in [0.25, 0.3) is 5.91 Å². The fourth-order valence-electron chi connectivity index (χ4n) is 2.90. The van der Waals surface area contributed by atoms with Gasteiger partial charge in [-0.2, -0.15) is 0 Å². The minimum Gasteiger partial charge on any atom is -0.385 e. The summed E-state index contributed by atoms with van der Waals surface area (Å²) in [5, 5.41) is 3.27. The van der Waals surface area contributed by atoms with Gasteiger partial charge in [-0.3, -0.25) is 9.78 Å². The third kappa shape index (κ3) is 3.30. The lowest BCUT2D eigenvalue weighted by atomic mass is 10.0. The average Bonchev–Trinajstić information content (AvgIpc) is 2.88. The van der Waals surface area contributed by atoms with Crippen molar-refractivity contribution < 1.29 is 4.79 Å². The monoisotopic (exact) mass is 275 g/mol. The number of amides is 1. The van der Waals surface area contributed by atoms with E-state index >= 15 is 0 Å². The molecule has 0 aliphatic carbocycles. The Balaban J connectivity index is 2.13. The van der Waals surface area contributed by atoms with E-state index in [1.54, 1.807) is 6.20 Å². The van der Waals surface area contributed by atoms with Gasteiger partial charge in [0.05, 0.1) is 11.3 Å². The van der Waals surface area contributed by atoms with E-state index in [2.05, 4.69) is 17.2 Å². The summed E-state index contributed by atoms with van der Waals surface area (Å²) in [6, 6.07) is 1.95. The van der Waals surface area contributed by atoms with E-state index in [1.807, 2.05) is 24.8 Å². The van der Waals surface area contributed by atoms with Crippen molar-refractivity contribution in [3.05, 3.63) is 23.5 Å². The predicted octanol–water partition coefficient (Wildman–Crippen LogP) is 3.08. The van der Waals surface area contributed by atoms with Gasteiger partial charge in [0.1, 0.15) is 0 Å². The predicted molar refractivity (Wildman–Crippen MR) is 82.1 cm³/mol. The highest BCUT2D eigenvalue weighted by atomic mass is 16.2. The third-order valence-corrected chi connectivity index (χ3v) is 3.91. The van der Waals surface area contributed by atoms with Crippen LogP contribution in [-0.2, 0) is 0 Å². The summed E-state index contributed by atoms with van der Waals surface area (Å²) in [5.74, 6) is 0.789. The number of hydrogen-bond acceptors (Lipinski definition) is 3. The van der Waals surface area contributed by atoms with Crippen LogP contribution in [0.2, 0.25) is 0 Å². The number of nitrogens with one attached hydrogen (secondary N) is 1. The summed E-state index contributed by atoms with van der Waals surface area (Å²) in [6.07, 6.45) is 5.26. The van der Waals surface area contributed by atoms with Crippen LogP contribution in [0.4, 0.5) is 5.69 Å². The summed E-state index contributed by atoms with van der Waals surface area (Å²) in [4.78, 5) is 18.9. The second-order valence-corrected chi connectivity index (χ2v) is 5.60. The van der Waals surface area contributed by atoms with E-state index < -0.39 is 0 Å². The smallest absolute Gasteiger partial charge is 0.257 e. The van der Waals surface area contributed by atoms with Gasteiger partial charge in [0.15, 0.2) is 0 Å². The van der Waals surface area contributed by atoms with Crippen LogP contribution in [0.25, 0.3) is 0 Å². The molecule has 1 fully saturated rings. The van der Waals surface area contributed by atoms with Crippen molar-refractivity contribution in [2.24, 2.45) is 5.92 Å². The van der Waals surface area contributed by atoms with Gasteiger partial charge in [0.2, 0.25) is 0 Å². The van der Waals surface area contributed by atoms with Crippen LogP contribution in [0.3, 0.4) is 0 Å². The number of hydrogen-bond donors (Lipinski definition) is 1. The van der Waals surface area contributed by atoms with Crippen molar-refractivity contribution in [1.82, 2.24) is 9.88 Å². The molecule has 0 saturated carbocycles. The molecule has 4 heteroatoms. The molecular formula is C16H25N3O. The van der Waals surface area contributed by atoms with E-state index in [0.717, 1.165) is 37.4 Å². The third-order valence-electron chi connectivity index (χ3n) is 3.91. The zero-order valence-electron chi connectivity index (χ0n) is 12.8. The highest BCUT2D eigenvalue weighted by Crippen LogP contribution is 2.25. The minimum absolute atomic E-state index is 0.118. The maximum atomic E-state index is 12.6. The Morgan fingerprint density at radius 3 is 3.00 bits per heavy atom. The number of carbonyl (C=O) groups excluding carboxylic acids is 1. The molecule has 0 bridgehead atoms. The summed E-state index contributed by atoms with van der Waals surface area (Å²) >= 11 is 0. The van der Waals surface area contributed by atoms with Crippen LogP contribution in [0.15, 0.2) is 12.3 Å². The van der Waals surface area contributed by atoms with E-state index in [4.69, 9.17) is 0 Å². The SMILES string of the molecule is CCCC1CCN(C(=O)c2cnc(C)cc2NCC)C1. The molecule has 1 atom stereocenters. The maximum absolute atomic E-state index is 12.6. The van der Waals surface area contributed by atoms with E-state index in [9.17, 15) is 4.79 Å². The molecule has 1 N–H and O–H groups in total. The first-order valence-electron chi connectivity index (χ1n) is 7.65. The first kappa shape index (κ1) is 14.8. The van der Waals surface area contributed by atoms with Crippen LogP contribution in [-0.4, -0.2) is 35.4 Å². The normalized spacial score (nSPS) is 18.4. The quantitative estimate of drug-likeness (QED) is 0.898. The van der Waals surface area contributed by atoms with Gasteiger partial charge in [0, 0.05) is 31.5 Å². The zero-order chi connectivity index (χ0) is 14.5.